The summed E-state index contributed by atoms with van der Waals surface area (Å²) in [6.45, 7) is 4.90. The topological polar surface area (TPSA) is 32.7 Å². The molecule has 3 heteroatoms. The Morgan fingerprint density at radius 1 is 1.42 bits per heavy atom. The largest absolute Gasteiger partial charge is 0.392 e. The molecule has 0 spiro atoms. The molecule has 0 saturated carbocycles. The molecular formula is C9H17NO2. The van der Waals surface area contributed by atoms with E-state index in [1.807, 2.05) is 0 Å². The quantitative estimate of drug-likeness (QED) is 0.613. The third-order valence-corrected chi connectivity index (χ3v) is 3.00. The molecule has 2 unspecified atom stereocenters. The Balaban J connectivity index is 1.91. The van der Waals surface area contributed by atoms with E-state index < -0.39 is 0 Å². The van der Waals surface area contributed by atoms with E-state index in [-0.39, 0.29) is 6.10 Å². The minimum Gasteiger partial charge on any atom is -0.392 e. The molecule has 0 radical (unpaired) electrons. The number of aliphatic hydroxyl groups excluding tert-OH is 1. The molecule has 2 fully saturated rings. The zero-order valence-electron chi connectivity index (χ0n) is 7.57. The molecule has 2 saturated heterocycles. The van der Waals surface area contributed by atoms with Gasteiger partial charge in [0.05, 0.1) is 12.2 Å². The van der Waals surface area contributed by atoms with Gasteiger partial charge in [-0.1, -0.05) is 0 Å². The summed E-state index contributed by atoms with van der Waals surface area (Å²) < 4.78 is 5.49. The Morgan fingerprint density at radius 3 is 2.75 bits per heavy atom. The van der Waals surface area contributed by atoms with Gasteiger partial charge in [0.15, 0.2) is 0 Å². The van der Waals surface area contributed by atoms with Crippen molar-refractivity contribution in [1.82, 2.24) is 4.90 Å². The number of ether oxygens (including phenoxy) is 1. The first-order chi connectivity index (χ1) is 5.77. The molecule has 2 heterocycles. The minimum atomic E-state index is -0.0993. The van der Waals surface area contributed by atoms with Crippen molar-refractivity contribution < 1.29 is 9.84 Å². The maximum atomic E-state index is 9.36. The first-order valence-corrected chi connectivity index (χ1v) is 4.81. The van der Waals surface area contributed by atoms with E-state index in [0.29, 0.717) is 12.1 Å². The summed E-state index contributed by atoms with van der Waals surface area (Å²) in [5.41, 5.74) is 0. The van der Waals surface area contributed by atoms with Crippen LogP contribution in [0, 0.1) is 0 Å². The fraction of sp³-hybridized carbons (Fsp3) is 1.00. The zero-order chi connectivity index (χ0) is 8.55. The zero-order valence-corrected chi connectivity index (χ0v) is 7.57. The third-order valence-electron chi connectivity index (χ3n) is 3.00. The maximum Gasteiger partial charge on any atom is 0.0703 e. The van der Waals surface area contributed by atoms with E-state index in [1.165, 1.54) is 0 Å². The lowest BCUT2D eigenvalue weighted by Gasteiger charge is -2.25. The summed E-state index contributed by atoms with van der Waals surface area (Å²) >= 11 is 0. The van der Waals surface area contributed by atoms with Gasteiger partial charge in [-0.15, -0.1) is 0 Å². The van der Waals surface area contributed by atoms with Crippen molar-refractivity contribution in [3.05, 3.63) is 0 Å². The van der Waals surface area contributed by atoms with Crippen LogP contribution in [-0.4, -0.2) is 48.0 Å². The van der Waals surface area contributed by atoms with Crippen LogP contribution in [0.5, 0.6) is 0 Å². The Labute approximate surface area is 73.3 Å². The van der Waals surface area contributed by atoms with Crippen LogP contribution in [0.4, 0.5) is 0 Å². The van der Waals surface area contributed by atoms with E-state index in [0.717, 1.165) is 32.5 Å². The molecule has 2 aliphatic heterocycles. The van der Waals surface area contributed by atoms with E-state index in [1.54, 1.807) is 0 Å². The Bertz CT molecular complexity index is 163. The van der Waals surface area contributed by atoms with Crippen LogP contribution >= 0.6 is 0 Å². The van der Waals surface area contributed by atoms with Gasteiger partial charge in [-0.2, -0.15) is 0 Å². The summed E-state index contributed by atoms with van der Waals surface area (Å²) in [6.07, 6.45) is 2.32. The molecular weight excluding hydrogens is 154 g/mol. The van der Waals surface area contributed by atoms with Crippen LogP contribution in [-0.2, 0) is 4.74 Å². The number of β-amino-alcohol motifs (C(OH)–C–C–N with tert-alkyl or cyclic N) is 1. The van der Waals surface area contributed by atoms with Gasteiger partial charge in [0.25, 0.3) is 0 Å². The van der Waals surface area contributed by atoms with Crippen LogP contribution in [0.25, 0.3) is 0 Å². The summed E-state index contributed by atoms with van der Waals surface area (Å²) in [4.78, 5) is 2.36. The van der Waals surface area contributed by atoms with Gasteiger partial charge in [-0.05, 0) is 19.8 Å². The molecule has 0 aliphatic carbocycles. The molecule has 12 heavy (non-hydrogen) atoms. The average molecular weight is 171 g/mol. The number of likely N-dealkylation sites (tertiary alicyclic amines) is 1. The molecule has 3 nitrogen and oxygen atoms in total. The normalized spacial score (nSPS) is 44.0. The van der Waals surface area contributed by atoms with Crippen LogP contribution in [0.1, 0.15) is 19.8 Å². The van der Waals surface area contributed by atoms with E-state index in [4.69, 9.17) is 4.74 Å². The van der Waals surface area contributed by atoms with Gasteiger partial charge < -0.3 is 9.84 Å². The van der Waals surface area contributed by atoms with E-state index in [2.05, 4.69) is 11.8 Å². The number of rotatable bonds is 1. The second-order valence-electron chi connectivity index (χ2n) is 3.87. The second kappa shape index (κ2) is 3.32. The lowest BCUT2D eigenvalue weighted by molar-refractivity contribution is 0.0767. The summed E-state index contributed by atoms with van der Waals surface area (Å²) in [5.74, 6) is 0. The lowest BCUT2D eigenvalue weighted by atomic mass is 10.1. The second-order valence-corrected chi connectivity index (χ2v) is 3.87. The molecule has 0 aromatic carbocycles. The minimum absolute atomic E-state index is 0.0993. The fourth-order valence-corrected chi connectivity index (χ4v) is 2.27. The van der Waals surface area contributed by atoms with Crippen molar-refractivity contribution in [2.45, 2.75) is 38.0 Å². The van der Waals surface area contributed by atoms with Gasteiger partial charge in [-0.25, -0.2) is 0 Å². The molecule has 0 aromatic heterocycles. The standard InChI is InChI=1S/C9H17NO2/c1-7-9(3-5-12-7)10-4-2-8(11)6-10/h7-9,11H,2-6H2,1H3/t7?,8-,9?/m1/s1. The fourth-order valence-electron chi connectivity index (χ4n) is 2.27. The van der Waals surface area contributed by atoms with Crippen molar-refractivity contribution in [3.63, 3.8) is 0 Å². The van der Waals surface area contributed by atoms with Crippen LogP contribution in [0.2, 0.25) is 0 Å². The van der Waals surface area contributed by atoms with E-state index in [9.17, 15) is 5.11 Å². The van der Waals surface area contributed by atoms with Crippen LogP contribution in [0.3, 0.4) is 0 Å². The molecule has 3 atom stereocenters. The Morgan fingerprint density at radius 2 is 2.25 bits per heavy atom. The third kappa shape index (κ3) is 1.49. The highest BCUT2D eigenvalue weighted by Crippen LogP contribution is 2.23. The molecule has 1 N–H and O–H groups in total. The monoisotopic (exact) mass is 171 g/mol. The summed E-state index contributed by atoms with van der Waals surface area (Å²) in [6, 6.07) is 0.558. The molecule has 0 amide bonds. The molecule has 70 valence electrons. The number of hydrogen-bond acceptors (Lipinski definition) is 3. The van der Waals surface area contributed by atoms with Gasteiger partial charge in [0.1, 0.15) is 0 Å². The van der Waals surface area contributed by atoms with Crippen molar-refractivity contribution in [3.8, 4) is 0 Å². The maximum absolute atomic E-state index is 9.36. The molecule has 2 aliphatic rings. The number of hydrogen-bond donors (Lipinski definition) is 1. The Kier molecular flexibility index (Phi) is 2.35. The Hall–Kier alpha value is -0.120. The van der Waals surface area contributed by atoms with Gasteiger partial charge in [-0.3, -0.25) is 4.90 Å². The van der Waals surface area contributed by atoms with Crippen LogP contribution < -0.4 is 0 Å². The molecule has 0 aromatic rings. The first-order valence-electron chi connectivity index (χ1n) is 4.81. The number of nitrogens with zero attached hydrogens (tertiary/aromatic N) is 1. The summed E-state index contributed by atoms with van der Waals surface area (Å²) in [7, 11) is 0. The predicted octanol–water partition coefficient (Wildman–Crippen LogP) is 0.230. The number of aliphatic hydroxyl groups is 1. The van der Waals surface area contributed by atoms with E-state index >= 15 is 0 Å². The SMILES string of the molecule is CC1OCCC1N1CC[C@@H](O)C1. The van der Waals surface area contributed by atoms with Crippen LogP contribution in [0.15, 0.2) is 0 Å². The van der Waals surface area contributed by atoms with Gasteiger partial charge >= 0.3 is 0 Å². The average Bonchev–Trinajstić information content (AvgIpc) is 2.58. The summed E-state index contributed by atoms with van der Waals surface area (Å²) in [5, 5.41) is 9.36. The highest BCUT2D eigenvalue weighted by atomic mass is 16.5. The smallest absolute Gasteiger partial charge is 0.0703 e. The van der Waals surface area contributed by atoms with Crippen molar-refractivity contribution in [2.24, 2.45) is 0 Å². The predicted molar refractivity (Wildman–Crippen MR) is 46.0 cm³/mol. The van der Waals surface area contributed by atoms with Crippen molar-refractivity contribution in [1.29, 1.82) is 0 Å². The van der Waals surface area contributed by atoms with Gasteiger partial charge in [0.2, 0.25) is 0 Å². The molecule has 0 bridgehead atoms. The van der Waals surface area contributed by atoms with Crippen molar-refractivity contribution >= 4 is 0 Å². The van der Waals surface area contributed by atoms with Crippen molar-refractivity contribution in [2.75, 3.05) is 19.7 Å². The molecule has 2 rings (SSSR count). The highest BCUT2D eigenvalue weighted by molar-refractivity contribution is 4.87. The highest BCUT2D eigenvalue weighted by Gasteiger charge is 2.33. The first kappa shape index (κ1) is 8.48. The van der Waals surface area contributed by atoms with Gasteiger partial charge in [0, 0.05) is 25.7 Å². The lowest BCUT2D eigenvalue weighted by Crippen LogP contribution is -2.38.